The van der Waals surface area contributed by atoms with Crippen LogP contribution in [0.1, 0.15) is 0 Å². The van der Waals surface area contributed by atoms with Gasteiger partial charge in [-0.1, -0.05) is 0 Å². The summed E-state index contributed by atoms with van der Waals surface area (Å²) in [5.74, 6) is -5.03. The molecule has 0 atom stereocenters. The molecule has 72 heavy (non-hydrogen) atoms. The number of rotatable bonds is 4. The minimum atomic E-state index is -1.26. The van der Waals surface area contributed by atoms with Gasteiger partial charge in [-0.3, -0.25) is 55.7 Å². The van der Waals surface area contributed by atoms with Gasteiger partial charge in [0, 0.05) is 109 Å². The second kappa shape index (κ2) is 22.8. The lowest BCUT2D eigenvalue weighted by Gasteiger charge is -2.02. The fourth-order valence-corrected chi connectivity index (χ4v) is 6.17. The molecule has 8 aromatic rings. The number of carbonyl (C=O) groups is 4. The number of carboxylic acid groups (broad SMARTS) is 4. The van der Waals surface area contributed by atoms with E-state index in [0.717, 1.165) is 18.3 Å². The third-order valence-corrected chi connectivity index (χ3v) is 10.0. The molecule has 8 rings (SSSR count). The number of imidazole rings is 4. The molecule has 0 unspecified atom stereocenters. The van der Waals surface area contributed by atoms with E-state index in [1.165, 1.54) is 71.8 Å². The zero-order chi connectivity index (χ0) is 55.0. The molecule has 0 aliphatic carbocycles. The maximum absolute atomic E-state index is 11.7. The van der Waals surface area contributed by atoms with Crippen molar-refractivity contribution in [2.24, 2.45) is 84.6 Å². The average Bonchev–Trinajstić information content (AvgIpc) is 4.13. The first-order valence-electron chi connectivity index (χ1n) is 20.0. The van der Waals surface area contributed by atoms with Crippen LogP contribution in [-0.2, 0) is 104 Å². The maximum Gasteiger partial charge on any atom is 0.332 e. The van der Waals surface area contributed by atoms with Crippen molar-refractivity contribution >= 4 is 68.5 Å². The molecule has 4 N–H and O–H groups in total. The van der Waals surface area contributed by atoms with Crippen LogP contribution in [0.3, 0.4) is 0 Å². The molecule has 0 aliphatic heterocycles. The Labute approximate surface area is 399 Å². The number of fused-ring (bicyclic) bond motifs is 4. The Morgan fingerprint density at radius 2 is 0.472 bits per heavy atom. The van der Waals surface area contributed by atoms with E-state index in [-0.39, 0.29) is 45.0 Å². The molecule has 0 bridgehead atoms. The highest BCUT2D eigenvalue weighted by Crippen LogP contribution is 2.04. The summed E-state index contributed by atoms with van der Waals surface area (Å²) in [5.41, 5.74) is 0.720. The van der Waals surface area contributed by atoms with E-state index >= 15 is 0 Å². The minimum Gasteiger partial charge on any atom is -0.478 e. The molecule has 0 fully saturated rings. The van der Waals surface area contributed by atoms with Gasteiger partial charge in [-0.05, 0) is 0 Å². The Morgan fingerprint density at radius 3 is 0.611 bits per heavy atom. The monoisotopic (exact) mass is 1010 g/mol. The van der Waals surface area contributed by atoms with Gasteiger partial charge in [-0.2, -0.15) is 0 Å². The van der Waals surface area contributed by atoms with Crippen LogP contribution in [0.25, 0.3) is 44.7 Å². The van der Waals surface area contributed by atoms with Gasteiger partial charge in [0.05, 0.1) is 25.3 Å². The van der Waals surface area contributed by atoms with Gasteiger partial charge in [-0.25, -0.2) is 58.3 Å². The highest BCUT2D eigenvalue weighted by Gasteiger charge is 2.15. The van der Waals surface area contributed by atoms with E-state index in [1.54, 1.807) is 74.6 Å². The van der Waals surface area contributed by atoms with Crippen molar-refractivity contribution in [3.63, 3.8) is 0 Å². The van der Waals surface area contributed by atoms with Crippen LogP contribution in [0, 0.1) is 0 Å². The summed E-state index contributed by atoms with van der Waals surface area (Å²) in [6, 6.07) is 0. The SMILES string of the molecule is Cn1c(=O)c2c(ncn2C)n(C)c1=O.Cn1c(=O)c2c(ncn2C)n(C)c1=O.Cn1c(=O)c2c(ncn2C)n(C)c1=O.Cn1c(=O)c2c(ncn2C)n(C)c1=O.O=C(O)/C=C\C(=O)O.O=C(O)/C=C\C(=O)O. The van der Waals surface area contributed by atoms with E-state index in [1.807, 2.05) is 0 Å². The second-order valence-corrected chi connectivity index (χ2v) is 15.0. The number of hydrogen-bond donors (Lipinski definition) is 4. The standard InChI is InChI=1S/4C8H10N4O2.2C4H4O4/c4*1-10-4-9-6-5(10)7(13)12(3)8(14)11(6)2;2*5-3(6)1-2-4(7)8/h4*4H,1-3H3;2*1-2H,(H,5,6)(H,7,8)/b;;;;2*2-1-. The molecule has 32 nitrogen and oxygen atoms in total. The third-order valence-electron chi connectivity index (χ3n) is 10.0. The number of hydrogen-bond acceptors (Lipinski definition) is 16. The van der Waals surface area contributed by atoms with Gasteiger partial charge in [0.1, 0.15) is 0 Å². The van der Waals surface area contributed by atoms with Crippen molar-refractivity contribution in [3.05, 3.63) is 133 Å². The van der Waals surface area contributed by atoms with E-state index in [2.05, 4.69) is 19.9 Å². The Balaban J connectivity index is 0.000000232. The van der Waals surface area contributed by atoms with Crippen molar-refractivity contribution in [3.8, 4) is 0 Å². The Morgan fingerprint density at radius 1 is 0.319 bits per heavy atom. The highest BCUT2D eigenvalue weighted by atomic mass is 16.4. The molecular weight excluding hydrogens is 961 g/mol. The fourth-order valence-electron chi connectivity index (χ4n) is 6.17. The molecule has 0 radical (unpaired) electrons. The quantitative estimate of drug-likeness (QED) is 0.120. The lowest BCUT2D eigenvalue weighted by atomic mass is 10.5. The zero-order valence-electron chi connectivity index (χ0n) is 40.5. The predicted molar refractivity (Wildman–Crippen MR) is 254 cm³/mol. The molecule has 8 heterocycles. The van der Waals surface area contributed by atoms with Crippen LogP contribution >= 0.6 is 0 Å². The maximum atomic E-state index is 11.7. The molecule has 0 amide bonds. The molecule has 0 spiro atoms. The van der Waals surface area contributed by atoms with E-state index < -0.39 is 23.9 Å². The van der Waals surface area contributed by atoms with Crippen molar-refractivity contribution in [2.75, 3.05) is 0 Å². The van der Waals surface area contributed by atoms with Crippen molar-refractivity contribution in [1.82, 2.24) is 74.7 Å². The summed E-state index contributed by atoms with van der Waals surface area (Å²) < 4.78 is 16.2. The number of aryl methyl sites for hydroxylation is 8. The molecule has 8 aromatic heterocycles. The molecule has 0 aromatic carbocycles. The number of aliphatic carboxylic acids is 4. The van der Waals surface area contributed by atoms with Crippen LogP contribution in [0.15, 0.2) is 88.0 Å². The van der Waals surface area contributed by atoms with Gasteiger partial charge < -0.3 is 38.7 Å². The number of aromatic nitrogens is 16. The Kier molecular flexibility index (Phi) is 17.9. The topological polar surface area (TPSA) is 396 Å². The Hall–Kier alpha value is -10.0. The molecule has 0 aliphatic rings. The lowest BCUT2D eigenvalue weighted by molar-refractivity contribution is -0.134. The first-order chi connectivity index (χ1) is 33.4. The summed E-state index contributed by atoms with van der Waals surface area (Å²) in [6.07, 6.45) is 8.31. The van der Waals surface area contributed by atoms with Crippen LogP contribution in [0.4, 0.5) is 0 Å². The number of carboxylic acids is 4. The molecule has 32 heteroatoms. The second-order valence-electron chi connectivity index (χ2n) is 15.0. The van der Waals surface area contributed by atoms with Gasteiger partial charge in [0.15, 0.2) is 44.7 Å². The van der Waals surface area contributed by atoms with Gasteiger partial charge in [0.2, 0.25) is 0 Å². The van der Waals surface area contributed by atoms with Gasteiger partial charge >= 0.3 is 46.6 Å². The minimum absolute atomic E-state index is 0.317. The highest BCUT2D eigenvalue weighted by molar-refractivity contribution is 5.90. The third kappa shape index (κ3) is 12.0. The first kappa shape index (κ1) is 56.3. The van der Waals surface area contributed by atoms with Crippen LogP contribution in [0.5, 0.6) is 0 Å². The number of nitrogens with zero attached hydrogens (tertiary/aromatic N) is 16. The van der Waals surface area contributed by atoms with Gasteiger partial charge in [0.25, 0.3) is 22.2 Å². The summed E-state index contributed by atoms with van der Waals surface area (Å²) in [4.78, 5) is 147. The first-order valence-corrected chi connectivity index (χ1v) is 20.0. The summed E-state index contributed by atoms with van der Waals surface area (Å²) in [6.45, 7) is 0. The van der Waals surface area contributed by atoms with Crippen molar-refractivity contribution in [2.45, 2.75) is 0 Å². The van der Waals surface area contributed by atoms with Crippen molar-refractivity contribution < 1.29 is 39.6 Å². The van der Waals surface area contributed by atoms with E-state index in [4.69, 9.17) is 20.4 Å². The zero-order valence-corrected chi connectivity index (χ0v) is 40.5. The Bertz CT molecular complexity index is 3490. The van der Waals surface area contributed by atoms with Crippen LogP contribution in [0.2, 0.25) is 0 Å². The summed E-state index contributed by atoms with van der Waals surface area (Å²) in [5, 5.41) is 31.2. The molecule has 0 saturated heterocycles. The van der Waals surface area contributed by atoms with Crippen LogP contribution in [-0.4, -0.2) is 119 Å². The van der Waals surface area contributed by atoms with E-state index in [9.17, 15) is 57.5 Å². The largest absolute Gasteiger partial charge is 0.478 e. The summed E-state index contributed by atoms with van der Waals surface area (Å²) in [7, 11) is 19.1. The average molecular weight is 1010 g/mol. The summed E-state index contributed by atoms with van der Waals surface area (Å²) >= 11 is 0. The van der Waals surface area contributed by atoms with E-state index in [0.29, 0.717) is 69.0 Å². The smallest absolute Gasteiger partial charge is 0.332 e. The fraction of sp³-hybridized carbons (Fsp3) is 0.300. The predicted octanol–water partition coefficient (Wildman–Crippen LogP) is -4.69. The van der Waals surface area contributed by atoms with Crippen LogP contribution < -0.4 is 45.0 Å². The molecule has 0 saturated carbocycles. The lowest BCUT2D eigenvalue weighted by Crippen LogP contribution is -2.37. The molecular formula is C40H48N16O16. The normalized spacial score (nSPS) is 10.7. The molecule has 384 valence electrons. The van der Waals surface area contributed by atoms with Gasteiger partial charge in [-0.15, -0.1) is 0 Å². The van der Waals surface area contributed by atoms with Crippen molar-refractivity contribution in [1.29, 1.82) is 0 Å².